The Morgan fingerprint density at radius 3 is 2.24 bits per heavy atom. The van der Waals surface area contributed by atoms with E-state index in [0.29, 0.717) is 11.3 Å². The van der Waals surface area contributed by atoms with E-state index in [1.807, 2.05) is 0 Å². The summed E-state index contributed by atoms with van der Waals surface area (Å²) in [5.41, 5.74) is -0.387. The Hall–Kier alpha value is -3.08. The molecule has 2 aromatic carbocycles. The van der Waals surface area contributed by atoms with Crippen molar-refractivity contribution in [3.05, 3.63) is 58.7 Å². The number of halogens is 6. The van der Waals surface area contributed by atoms with Crippen molar-refractivity contribution in [3.63, 3.8) is 0 Å². The van der Waals surface area contributed by atoms with Crippen LogP contribution >= 0.6 is 0 Å². The second-order valence-electron chi connectivity index (χ2n) is 10.1. The zero-order chi connectivity index (χ0) is 28.6. The Bertz CT molecular complexity index is 1190. The van der Waals surface area contributed by atoms with Gasteiger partial charge in [-0.25, -0.2) is 0 Å². The highest BCUT2D eigenvalue weighted by atomic mass is 19.4. The largest absolute Gasteiger partial charge is 0.416 e. The van der Waals surface area contributed by atoms with Crippen LogP contribution in [0.5, 0.6) is 0 Å². The standard InChI is InChI=1S/C27H31F6N3O2/c1-6-19-10-20(27(31,32)33)12-21(11-19)34-24(38)25(13-35(5)15-26(28,29)30)14-36(23(37)18(25)4)22-16(2)8-7-9-17(22)3/h7-12,18H,6,13-15H2,1-5H3,(H,34,38)/t18-,25-/m1/s1. The number of anilines is 2. The quantitative estimate of drug-likeness (QED) is 0.437. The van der Waals surface area contributed by atoms with Gasteiger partial charge in [0.1, 0.15) is 0 Å². The monoisotopic (exact) mass is 543 g/mol. The van der Waals surface area contributed by atoms with Crippen LogP contribution in [-0.2, 0) is 22.2 Å². The molecule has 1 heterocycles. The van der Waals surface area contributed by atoms with Gasteiger partial charge in [0.25, 0.3) is 0 Å². The third-order valence-corrected chi connectivity index (χ3v) is 7.05. The summed E-state index contributed by atoms with van der Waals surface area (Å²) < 4.78 is 80.0. The van der Waals surface area contributed by atoms with Crippen LogP contribution in [0.3, 0.4) is 0 Å². The molecule has 2 atom stereocenters. The van der Waals surface area contributed by atoms with E-state index in [0.717, 1.165) is 28.2 Å². The maximum Gasteiger partial charge on any atom is 0.416 e. The topological polar surface area (TPSA) is 52.7 Å². The molecule has 208 valence electrons. The van der Waals surface area contributed by atoms with Crippen LogP contribution in [0, 0.1) is 25.2 Å². The number of alkyl halides is 6. The highest BCUT2D eigenvalue weighted by molar-refractivity contribution is 6.08. The lowest BCUT2D eigenvalue weighted by Gasteiger charge is -2.35. The van der Waals surface area contributed by atoms with Crippen molar-refractivity contribution in [2.75, 3.05) is 36.9 Å². The smallest absolute Gasteiger partial charge is 0.325 e. The molecule has 3 rings (SSSR count). The summed E-state index contributed by atoms with van der Waals surface area (Å²) in [6.45, 7) is 4.71. The van der Waals surface area contributed by atoms with E-state index >= 15 is 0 Å². The number of carbonyl (C=O) groups is 2. The van der Waals surface area contributed by atoms with Gasteiger partial charge in [-0.1, -0.05) is 32.0 Å². The van der Waals surface area contributed by atoms with Crippen molar-refractivity contribution in [1.29, 1.82) is 0 Å². The van der Waals surface area contributed by atoms with Crippen LogP contribution in [-0.4, -0.2) is 49.6 Å². The Balaban J connectivity index is 2.07. The summed E-state index contributed by atoms with van der Waals surface area (Å²) in [7, 11) is 1.20. The molecule has 1 fully saturated rings. The SMILES string of the molecule is CCc1cc(NC(=O)[C@]2(CN(C)CC(F)(F)F)CN(c3c(C)cccc3C)C(=O)[C@H]2C)cc(C(F)(F)F)c1. The lowest BCUT2D eigenvalue weighted by atomic mass is 9.77. The van der Waals surface area contributed by atoms with E-state index in [9.17, 15) is 35.9 Å². The summed E-state index contributed by atoms with van der Waals surface area (Å²) in [6.07, 6.45) is -8.95. The average Bonchev–Trinajstić information content (AvgIpc) is 3.02. The van der Waals surface area contributed by atoms with Gasteiger partial charge in [0.15, 0.2) is 0 Å². The Kier molecular flexibility index (Phi) is 8.21. The minimum Gasteiger partial charge on any atom is -0.325 e. The molecule has 5 nitrogen and oxygen atoms in total. The zero-order valence-electron chi connectivity index (χ0n) is 21.8. The molecule has 0 unspecified atom stereocenters. The molecule has 1 aliphatic rings. The van der Waals surface area contributed by atoms with Crippen LogP contribution < -0.4 is 10.2 Å². The number of carbonyl (C=O) groups excluding carboxylic acids is 2. The van der Waals surface area contributed by atoms with Crippen LogP contribution in [0.2, 0.25) is 0 Å². The molecule has 1 saturated heterocycles. The van der Waals surface area contributed by atoms with E-state index in [4.69, 9.17) is 0 Å². The van der Waals surface area contributed by atoms with E-state index in [-0.39, 0.29) is 18.7 Å². The Morgan fingerprint density at radius 1 is 1.11 bits per heavy atom. The molecule has 11 heteroatoms. The van der Waals surface area contributed by atoms with Gasteiger partial charge in [-0.2, -0.15) is 26.3 Å². The summed E-state index contributed by atoms with van der Waals surface area (Å²) >= 11 is 0. The number of hydrogen-bond acceptors (Lipinski definition) is 3. The fraction of sp³-hybridized carbons (Fsp3) is 0.481. The van der Waals surface area contributed by atoms with E-state index in [2.05, 4.69) is 5.32 Å². The van der Waals surface area contributed by atoms with E-state index in [1.54, 1.807) is 39.0 Å². The van der Waals surface area contributed by atoms with Gasteiger partial charge >= 0.3 is 12.4 Å². The van der Waals surface area contributed by atoms with Crippen LogP contribution in [0.4, 0.5) is 37.7 Å². The fourth-order valence-corrected chi connectivity index (χ4v) is 5.15. The molecule has 0 aliphatic carbocycles. The number of nitrogens with one attached hydrogen (secondary N) is 1. The first kappa shape index (κ1) is 29.5. The Morgan fingerprint density at radius 2 is 1.71 bits per heavy atom. The van der Waals surface area contributed by atoms with Gasteiger partial charge in [0, 0.05) is 24.5 Å². The molecular weight excluding hydrogens is 512 g/mol. The summed E-state index contributed by atoms with van der Waals surface area (Å²) in [5, 5.41) is 2.51. The van der Waals surface area contributed by atoms with E-state index < -0.39 is 54.2 Å². The molecule has 1 aliphatic heterocycles. The second kappa shape index (κ2) is 10.6. The van der Waals surface area contributed by atoms with Gasteiger partial charge in [-0.3, -0.25) is 14.5 Å². The number of hydrogen-bond donors (Lipinski definition) is 1. The van der Waals surface area contributed by atoms with Gasteiger partial charge in [-0.05, 0) is 62.2 Å². The van der Waals surface area contributed by atoms with Crippen LogP contribution in [0.25, 0.3) is 0 Å². The number of rotatable bonds is 7. The maximum absolute atomic E-state index is 13.8. The maximum atomic E-state index is 13.8. The third-order valence-electron chi connectivity index (χ3n) is 7.05. The lowest BCUT2D eigenvalue weighted by molar-refractivity contribution is -0.150. The van der Waals surface area contributed by atoms with Gasteiger partial charge < -0.3 is 10.2 Å². The lowest BCUT2D eigenvalue weighted by Crippen LogP contribution is -2.51. The first-order valence-electron chi connectivity index (χ1n) is 12.1. The van der Waals surface area contributed by atoms with Gasteiger partial charge in [-0.15, -0.1) is 0 Å². The second-order valence-corrected chi connectivity index (χ2v) is 10.1. The Labute approximate surface area is 217 Å². The zero-order valence-corrected chi connectivity index (χ0v) is 21.8. The minimum absolute atomic E-state index is 0.135. The van der Waals surface area contributed by atoms with Crippen molar-refractivity contribution >= 4 is 23.2 Å². The first-order valence-corrected chi connectivity index (χ1v) is 12.1. The molecule has 2 aromatic rings. The van der Waals surface area contributed by atoms with Crippen LogP contribution in [0.1, 0.15) is 36.1 Å². The van der Waals surface area contributed by atoms with Crippen molar-refractivity contribution < 1.29 is 35.9 Å². The fourth-order valence-electron chi connectivity index (χ4n) is 5.15. The highest BCUT2D eigenvalue weighted by Gasteiger charge is 2.56. The molecule has 1 N–H and O–H groups in total. The predicted molar refractivity (Wildman–Crippen MR) is 133 cm³/mol. The van der Waals surface area contributed by atoms with Gasteiger partial charge in [0.05, 0.1) is 23.4 Å². The summed E-state index contributed by atoms with van der Waals surface area (Å²) in [4.78, 5) is 29.6. The van der Waals surface area contributed by atoms with Crippen molar-refractivity contribution in [2.45, 2.75) is 46.5 Å². The van der Waals surface area contributed by atoms with E-state index in [1.165, 1.54) is 24.9 Å². The molecule has 0 spiro atoms. The van der Waals surface area contributed by atoms with Crippen molar-refractivity contribution in [3.8, 4) is 0 Å². The van der Waals surface area contributed by atoms with Crippen molar-refractivity contribution in [1.82, 2.24) is 4.90 Å². The third kappa shape index (κ3) is 6.14. The minimum atomic E-state index is -4.66. The normalized spacial score (nSPS) is 20.4. The van der Waals surface area contributed by atoms with Crippen molar-refractivity contribution in [2.24, 2.45) is 11.3 Å². The molecule has 0 radical (unpaired) electrons. The van der Waals surface area contributed by atoms with Gasteiger partial charge in [0.2, 0.25) is 11.8 Å². The summed E-state index contributed by atoms with van der Waals surface area (Å²) in [5.74, 6) is -2.31. The number of nitrogens with zero attached hydrogens (tertiary/aromatic N) is 2. The highest BCUT2D eigenvalue weighted by Crippen LogP contribution is 2.43. The first-order chi connectivity index (χ1) is 17.5. The number of amides is 2. The number of para-hydroxylation sites is 1. The van der Waals surface area contributed by atoms with Crippen LogP contribution in [0.15, 0.2) is 36.4 Å². The molecule has 2 amide bonds. The average molecular weight is 544 g/mol. The molecular formula is C27H31F6N3O2. The predicted octanol–water partition coefficient (Wildman–Crippen LogP) is 5.99. The molecule has 0 saturated carbocycles. The molecule has 0 aromatic heterocycles. The molecule has 0 bridgehead atoms. The number of aryl methyl sites for hydroxylation is 3. The molecule has 38 heavy (non-hydrogen) atoms. The summed E-state index contributed by atoms with van der Waals surface area (Å²) in [6, 6.07) is 8.52. The number of benzene rings is 2.